The molecule has 1 saturated heterocycles. The molecule has 0 spiro atoms. The van der Waals surface area contributed by atoms with Gasteiger partial charge in [0.1, 0.15) is 5.75 Å². The highest BCUT2D eigenvalue weighted by molar-refractivity contribution is 5.79. The molecule has 1 fully saturated rings. The van der Waals surface area contributed by atoms with E-state index in [1.807, 2.05) is 11.0 Å². The molecule has 0 bridgehead atoms. The van der Waals surface area contributed by atoms with Crippen LogP contribution in [0, 0.1) is 0 Å². The van der Waals surface area contributed by atoms with Gasteiger partial charge >= 0.3 is 0 Å². The normalized spacial score (nSPS) is 16.9. The molecule has 1 N–H and O–H groups in total. The Morgan fingerprint density at radius 1 is 1.32 bits per heavy atom. The van der Waals surface area contributed by atoms with Crippen molar-refractivity contribution in [3.8, 4) is 5.75 Å². The monoisotopic (exact) mass is 262 g/mol. The van der Waals surface area contributed by atoms with Gasteiger partial charge in [0, 0.05) is 24.7 Å². The van der Waals surface area contributed by atoms with Crippen LogP contribution >= 0.6 is 0 Å². The third-order valence-electron chi connectivity index (χ3n) is 3.88. The molecule has 104 valence electrons. The van der Waals surface area contributed by atoms with E-state index in [0.717, 1.165) is 25.9 Å². The molecule has 0 aliphatic carbocycles. The zero-order valence-electron chi connectivity index (χ0n) is 11.7. The molecule has 19 heavy (non-hydrogen) atoms. The second-order valence-electron chi connectivity index (χ2n) is 5.38. The number of benzene rings is 1. The maximum Gasteiger partial charge on any atom is 0.227 e. The molecule has 0 saturated carbocycles. The van der Waals surface area contributed by atoms with Crippen LogP contribution in [0.3, 0.4) is 0 Å². The van der Waals surface area contributed by atoms with Crippen LogP contribution in [0.25, 0.3) is 0 Å². The fraction of sp³-hybridized carbons (Fsp3) is 0.533. The number of phenols is 1. The summed E-state index contributed by atoms with van der Waals surface area (Å²) >= 11 is 0. The molecule has 0 aromatic heterocycles. The van der Waals surface area contributed by atoms with E-state index < -0.39 is 0 Å². The topological polar surface area (TPSA) is 43.8 Å². The largest absolute Gasteiger partial charge is 0.508 e. The van der Waals surface area contributed by atoms with Crippen LogP contribution in [0.15, 0.2) is 24.3 Å². The van der Waals surface area contributed by atoms with Crippen molar-refractivity contribution >= 4 is 5.91 Å². The van der Waals surface area contributed by atoms with E-state index >= 15 is 0 Å². The summed E-state index contributed by atoms with van der Waals surface area (Å²) in [5.41, 5.74) is 0.710. The molecule has 0 atom stereocenters. The minimum atomic E-state index is 0.110. The molecule has 1 aromatic rings. The third-order valence-corrected chi connectivity index (χ3v) is 3.88. The van der Waals surface area contributed by atoms with E-state index in [4.69, 9.17) is 0 Å². The van der Waals surface area contributed by atoms with Gasteiger partial charge in [0.2, 0.25) is 5.91 Å². The van der Waals surface area contributed by atoms with Crippen LogP contribution in [-0.2, 0) is 11.2 Å². The number of nitrogens with zero attached hydrogens (tertiary/aromatic N) is 2. The molecular weight excluding hydrogens is 240 g/mol. The van der Waals surface area contributed by atoms with Crippen molar-refractivity contribution in [2.45, 2.75) is 25.3 Å². The summed E-state index contributed by atoms with van der Waals surface area (Å²) in [6.45, 7) is 1.63. The highest BCUT2D eigenvalue weighted by Crippen LogP contribution is 2.19. The molecule has 4 heteroatoms. The first-order valence-corrected chi connectivity index (χ1v) is 6.79. The predicted octanol–water partition coefficient (Wildman–Crippen LogP) is 1.49. The maximum atomic E-state index is 12.2. The number of aromatic hydroxyl groups is 1. The molecule has 0 unspecified atom stereocenters. The van der Waals surface area contributed by atoms with E-state index in [2.05, 4.69) is 19.0 Å². The van der Waals surface area contributed by atoms with Gasteiger partial charge in [0.15, 0.2) is 0 Å². The lowest BCUT2D eigenvalue weighted by Crippen LogP contribution is -2.44. The number of phenolic OH excluding ortho intramolecular Hbond substituents is 1. The Kier molecular flexibility index (Phi) is 4.43. The lowest BCUT2D eigenvalue weighted by molar-refractivity contribution is -0.131. The van der Waals surface area contributed by atoms with Crippen molar-refractivity contribution in [3.05, 3.63) is 29.8 Å². The first-order valence-electron chi connectivity index (χ1n) is 6.79. The summed E-state index contributed by atoms with van der Waals surface area (Å²) in [7, 11) is 4.17. The van der Waals surface area contributed by atoms with Crippen LogP contribution in [0.5, 0.6) is 5.75 Å². The Bertz CT molecular complexity index is 438. The molecule has 1 aromatic carbocycles. The van der Waals surface area contributed by atoms with Gasteiger partial charge in [-0.3, -0.25) is 4.79 Å². The van der Waals surface area contributed by atoms with E-state index in [9.17, 15) is 9.90 Å². The van der Waals surface area contributed by atoms with Crippen LogP contribution in [0.1, 0.15) is 18.4 Å². The molecule has 1 heterocycles. The number of piperidine rings is 1. The highest BCUT2D eigenvalue weighted by atomic mass is 16.3. The quantitative estimate of drug-likeness (QED) is 0.897. The lowest BCUT2D eigenvalue weighted by atomic mass is 10.0. The van der Waals surface area contributed by atoms with Gasteiger partial charge in [0.05, 0.1) is 6.42 Å². The number of amides is 1. The highest BCUT2D eigenvalue weighted by Gasteiger charge is 2.24. The Morgan fingerprint density at radius 2 is 1.95 bits per heavy atom. The van der Waals surface area contributed by atoms with Crippen molar-refractivity contribution in [2.75, 3.05) is 27.2 Å². The molecule has 2 rings (SSSR count). The first-order chi connectivity index (χ1) is 9.08. The van der Waals surface area contributed by atoms with Crippen molar-refractivity contribution < 1.29 is 9.90 Å². The van der Waals surface area contributed by atoms with Crippen LogP contribution in [0.2, 0.25) is 0 Å². The van der Waals surface area contributed by atoms with E-state index in [0.29, 0.717) is 18.0 Å². The summed E-state index contributed by atoms with van der Waals surface area (Å²) in [5, 5.41) is 9.70. The van der Waals surface area contributed by atoms with E-state index in [1.54, 1.807) is 18.2 Å². The first kappa shape index (κ1) is 13.9. The molecular formula is C15H22N2O2. The van der Waals surface area contributed by atoms with Crippen molar-refractivity contribution in [1.29, 1.82) is 0 Å². The number of likely N-dealkylation sites (tertiary alicyclic amines) is 1. The fourth-order valence-corrected chi connectivity index (χ4v) is 2.57. The Hall–Kier alpha value is -1.55. The van der Waals surface area contributed by atoms with Crippen molar-refractivity contribution in [1.82, 2.24) is 9.80 Å². The van der Waals surface area contributed by atoms with Gasteiger partial charge in [-0.1, -0.05) is 18.2 Å². The minimum Gasteiger partial charge on any atom is -0.508 e. The summed E-state index contributed by atoms with van der Waals surface area (Å²) in [6.07, 6.45) is 2.35. The standard InChI is InChI=1S/C15H22N2O2/c1-16(2)13-7-9-17(10-8-13)15(19)11-12-5-3-4-6-14(12)18/h3-6,13,18H,7-11H2,1-2H3. The number of carbonyl (C=O) groups is 1. The van der Waals surface area contributed by atoms with Gasteiger partial charge < -0.3 is 14.9 Å². The van der Waals surface area contributed by atoms with Crippen molar-refractivity contribution in [2.24, 2.45) is 0 Å². The average molecular weight is 262 g/mol. The fourth-order valence-electron chi connectivity index (χ4n) is 2.57. The van der Waals surface area contributed by atoms with Gasteiger partial charge in [-0.2, -0.15) is 0 Å². The summed E-state index contributed by atoms with van der Waals surface area (Å²) in [6, 6.07) is 7.63. The smallest absolute Gasteiger partial charge is 0.227 e. The van der Waals surface area contributed by atoms with Crippen LogP contribution in [-0.4, -0.2) is 54.0 Å². The lowest BCUT2D eigenvalue weighted by Gasteiger charge is -2.35. The Morgan fingerprint density at radius 3 is 2.53 bits per heavy atom. The average Bonchev–Trinajstić information content (AvgIpc) is 2.41. The van der Waals surface area contributed by atoms with Gasteiger partial charge in [-0.15, -0.1) is 0 Å². The van der Waals surface area contributed by atoms with Gasteiger partial charge in [-0.25, -0.2) is 0 Å². The number of hydrogen-bond acceptors (Lipinski definition) is 3. The molecule has 1 aliphatic rings. The summed E-state index contributed by atoms with van der Waals surface area (Å²) in [4.78, 5) is 16.3. The number of rotatable bonds is 3. The second kappa shape index (κ2) is 6.06. The van der Waals surface area contributed by atoms with Gasteiger partial charge in [-0.05, 0) is 33.0 Å². The minimum absolute atomic E-state index is 0.110. The maximum absolute atomic E-state index is 12.2. The zero-order chi connectivity index (χ0) is 13.8. The Balaban J connectivity index is 1.90. The summed E-state index contributed by atoms with van der Waals surface area (Å²) in [5.74, 6) is 0.317. The summed E-state index contributed by atoms with van der Waals surface area (Å²) < 4.78 is 0. The SMILES string of the molecule is CN(C)C1CCN(C(=O)Cc2ccccc2O)CC1. The molecule has 4 nitrogen and oxygen atoms in total. The zero-order valence-corrected chi connectivity index (χ0v) is 11.7. The van der Waals surface area contributed by atoms with E-state index in [1.165, 1.54) is 0 Å². The molecule has 1 aliphatic heterocycles. The Labute approximate surface area is 114 Å². The number of carbonyl (C=O) groups excluding carboxylic acids is 1. The van der Waals surface area contributed by atoms with Crippen LogP contribution < -0.4 is 0 Å². The second-order valence-corrected chi connectivity index (χ2v) is 5.38. The molecule has 0 radical (unpaired) electrons. The van der Waals surface area contributed by atoms with Crippen molar-refractivity contribution in [3.63, 3.8) is 0 Å². The number of para-hydroxylation sites is 1. The van der Waals surface area contributed by atoms with E-state index in [-0.39, 0.29) is 11.7 Å². The number of hydrogen-bond donors (Lipinski definition) is 1. The molecule has 1 amide bonds. The predicted molar refractivity (Wildman–Crippen MR) is 75.1 cm³/mol. The third kappa shape index (κ3) is 3.47. The van der Waals surface area contributed by atoms with Gasteiger partial charge in [0.25, 0.3) is 0 Å². The van der Waals surface area contributed by atoms with Crippen LogP contribution in [0.4, 0.5) is 0 Å².